The van der Waals surface area contributed by atoms with Gasteiger partial charge in [0, 0.05) is 55.6 Å². The molecule has 3 heterocycles. The summed E-state index contributed by atoms with van der Waals surface area (Å²) in [6, 6.07) is 14.0. The highest BCUT2D eigenvalue weighted by Crippen LogP contribution is 2.25. The van der Waals surface area contributed by atoms with Gasteiger partial charge in [0.15, 0.2) is 0 Å². The van der Waals surface area contributed by atoms with Crippen LogP contribution in [-0.2, 0) is 4.79 Å². The second-order valence-electron chi connectivity index (χ2n) is 6.15. The summed E-state index contributed by atoms with van der Waals surface area (Å²) in [5, 5.41) is 0.925. The number of carbonyl (C=O) groups is 1. The minimum Gasteiger partial charge on any atom is -0.368 e. The van der Waals surface area contributed by atoms with Crippen LogP contribution >= 0.6 is 11.8 Å². The highest BCUT2D eigenvalue weighted by molar-refractivity contribution is 8.14. The molecule has 0 aliphatic carbocycles. The number of carbonyl (C=O) groups excluding carboxylic acids is 1. The minimum absolute atomic E-state index is 0.152. The van der Waals surface area contributed by atoms with E-state index in [9.17, 15) is 4.79 Å². The number of nitrogens with zero attached hydrogens (tertiary/aromatic N) is 4. The average molecular weight is 352 g/mol. The molecule has 0 radical (unpaired) electrons. The molecule has 6 heteroatoms. The van der Waals surface area contributed by atoms with Gasteiger partial charge in [-0.25, -0.2) is 0 Å². The van der Waals surface area contributed by atoms with Crippen LogP contribution in [0.25, 0.3) is 0 Å². The predicted octanol–water partition coefficient (Wildman–Crippen LogP) is 2.29. The van der Waals surface area contributed by atoms with Crippen molar-refractivity contribution in [2.45, 2.75) is 6.04 Å². The molecule has 128 valence electrons. The van der Waals surface area contributed by atoms with E-state index in [1.54, 1.807) is 24.2 Å². The van der Waals surface area contributed by atoms with Gasteiger partial charge < -0.3 is 9.80 Å². The van der Waals surface area contributed by atoms with Gasteiger partial charge in [0.1, 0.15) is 11.1 Å². The molecule has 1 aromatic carbocycles. The molecule has 1 saturated heterocycles. The molecule has 1 unspecified atom stereocenters. The first-order valence-corrected chi connectivity index (χ1v) is 9.49. The van der Waals surface area contributed by atoms with E-state index in [2.05, 4.69) is 39.1 Å². The Bertz CT molecular complexity index is 758. The van der Waals surface area contributed by atoms with Gasteiger partial charge >= 0.3 is 0 Å². The van der Waals surface area contributed by atoms with E-state index in [1.807, 2.05) is 23.1 Å². The molecule has 2 aromatic rings. The van der Waals surface area contributed by atoms with E-state index < -0.39 is 0 Å². The lowest BCUT2D eigenvalue weighted by atomic mass is 10.2. The van der Waals surface area contributed by atoms with E-state index in [4.69, 9.17) is 0 Å². The Hall–Kier alpha value is -2.34. The van der Waals surface area contributed by atoms with Crippen molar-refractivity contribution in [3.05, 3.63) is 60.4 Å². The van der Waals surface area contributed by atoms with Crippen LogP contribution in [0.3, 0.4) is 0 Å². The fraction of sp³-hybridized carbons (Fsp3) is 0.316. The molecule has 4 rings (SSSR count). The molecule has 2 aliphatic heterocycles. The zero-order chi connectivity index (χ0) is 17.1. The molecule has 0 N–H and O–H groups in total. The number of para-hydroxylation sites is 1. The number of amides is 1. The number of pyridine rings is 1. The first kappa shape index (κ1) is 16.1. The Kier molecular flexibility index (Phi) is 4.70. The fourth-order valence-electron chi connectivity index (χ4n) is 3.18. The van der Waals surface area contributed by atoms with E-state index in [-0.39, 0.29) is 11.9 Å². The number of aromatic nitrogens is 1. The zero-order valence-corrected chi connectivity index (χ0v) is 14.7. The van der Waals surface area contributed by atoms with Gasteiger partial charge in [-0.2, -0.15) is 0 Å². The summed E-state index contributed by atoms with van der Waals surface area (Å²) >= 11 is 1.65. The maximum Gasteiger partial charge on any atom is 0.248 e. The molecule has 1 amide bonds. The van der Waals surface area contributed by atoms with Gasteiger partial charge in [-0.3, -0.25) is 14.8 Å². The van der Waals surface area contributed by atoms with Crippen LogP contribution in [0.1, 0.15) is 5.56 Å². The van der Waals surface area contributed by atoms with E-state index in [0.717, 1.165) is 42.5 Å². The quantitative estimate of drug-likeness (QED) is 0.850. The maximum absolute atomic E-state index is 12.8. The topological polar surface area (TPSA) is 48.8 Å². The van der Waals surface area contributed by atoms with Gasteiger partial charge in [-0.15, -0.1) is 11.8 Å². The Morgan fingerprint density at radius 1 is 1.04 bits per heavy atom. The van der Waals surface area contributed by atoms with E-state index in [0.29, 0.717) is 0 Å². The maximum atomic E-state index is 12.8. The molecular formula is C19H20N4OS. The Labute approximate surface area is 151 Å². The zero-order valence-electron chi connectivity index (χ0n) is 13.9. The van der Waals surface area contributed by atoms with Crippen molar-refractivity contribution in [3.8, 4) is 0 Å². The van der Waals surface area contributed by atoms with Crippen LogP contribution in [-0.4, -0.2) is 58.8 Å². The van der Waals surface area contributed by atoms with Gasteiger partial charge in [-0.1, -0.05) is 18.2 Å². The summed E-state index contributed by atoms with van der Waals surface area (Å²) in [5.74, 6) is 0.876. The highest BCUT2D eigenvalue weighted by atomic mass is 32.2. The number of aliphatic imine (C=N–C) groups is 1. The first-order chi connectivity index (χ1) is 12.3. The van der Waals surface area contributed by atoms with Gasteiger partial charge in [0.25, 0.3) is 0 Å². The SMILES string of the molecule is O=C(C1CSC(c2cccnc2)=N1)N1CCN(c2ccccc2)CC1. The molecule has 2 aliphatic rings. The Morgan fingerprint density at radius 2 is 1.84 bits per heavy atom. The molecule has 1 aromatic heterocycles. The summed E-state index contributed by atoms with van der Waals surface area (Å²) < 4.78 is 0. The number of hydrogen-bond donors (Lipinski definition) is 0. The second kappa shape index (κ2) is 7.27. The predicted molar refractivity (Wildman–Crippen MR) is 102 cm³/mol. The first-order valence-electron chi connectivity index (χ1n) is 8.51. The molecule has 25 heavy (non-hydrogen) atoms. The lowest BCUT2D eigenvalue weighted by Crippen LogP contribution is -2.51. The van der Waals surface area contributed by atoms with Crippen molar-refractivity contribution in [2.75, 3.05) is 36.8 Å². The van der Waals surface area contributed by atoms with Crippen molar-refractivity contribution in [1.29, 1.82) is 0 Å². The van der Waals surface area contributed by atoms with Crippen LogP contribution in [0.4, 0.5) is 5.69 Å². The smallest absolute Gasteiger partial charge is 0.248 e. The third kappa shape index (κ3) is 3.54. The van der Waals surface area contributed by atoms with Crippen LogP contribution in [0, 0.1) is 0 Å². The number of anilines is 1. The standard InChI is InChI=1S/C19H20N4OS/c24-19(17-14-25-18(21-17)15-5-4-8-20-13-15)23-11-9-22(10-12-23)16-6-2-1-3-7-16/h1-8,13,17H,9-12,14H2. The summed E-state index contributed by atoms with van der Waals surface area (Å²) in [6.45, 7) is 3.25. The molecule has 0 saturated carbocycles. The second-order valence-corrected chi connectivity index (χ2v) is 7.16. The summed E-state index contributed by atoms with van der Waals surface area (Å²) in [7, 11) is 0. The molecular weight excluding hydrogens is 332 g/mol. The lowest BCUT2D eigenvalue weighted by molar-refractivity contribution is -0.132. The fourth-order valence-corrected chi connectivity index (χ4v) is 4.20. The molecule has 5 nitrogen and oxygen atoms in total. The molecule has 1 atom stereocenters. The van der Waals surface area contributed by atoms with Crippen LogP contribution < -0.4 is 4.90 Å². The Balaban J connectivity index is 1.37. The van der Waals surface area contributed by atoms with Crippen LogP contribution in [0.2, 0.25) is 0 Å². The lowest BCUT2D eigenvalue weighted by Gasteiger charge is -2.36. The normalized spacial score (nSPS) is 20.5. The minimum atomic E-state index is -0.261. The van der Waals surface area contributed by atoms with Crippen molar-refractivity contribution in [3.63, 3.8) is 0 Å². The Morgan fingerprint density at radius 3 is 2.56 bits per heavy atom. The van der Waals surface area contributed by atoms with E-state index >= 15 is 0 Å². The van der Waals surface area contributed by atoms with Crippen molar-refractivity contribution < 1.29 is 4.79 Å². The number of benzene rings is 1. The van der Waals surface area contributed by atoms with Crippen LogP contribution in [0.15, 0.2) is 59.9 Å². The van der Waals surface area contributed by atoms with Crippen molar-refractivity contribution in [1.82, 2.24) is 9.88 Å². The summed E-state index contributed by atoms with van der Waals surface area (Å²) in [5.41, 5.74) is 2.22. The van der Waals surface area contributed by atoms with Crippen molar-refractivity contribution >= 4 is 28.4 Å². The van der Waals surface area contributed by atoms with Gasteiger partial charge in [0.2, 0.25) is 5.91 Å². The highest BCUT2D eigenvalue weighted by Gasteiger charge is 2.31. The largest absolute Gasteiger partial charge is 0.368 e. The number of piperazine rings is 1. The summed E-state index contributed by atoms with van der Waals surface area (Å²) in [6.07, 6.45) is 3.55. The monoisotopic (exact) mass is 352 g/mol. The molecule has 1 fully saturated rings. The van der Waals surface area contributed by atoms with Crippen molar-refractivity contribution in [2.24, 2.45) is 4.99 Å². The number of rotatable bonds is 3. The number of thioether (sulfide) groups is 1. The van der Waals surface area contributed by atoms with E-state index in [1.165, 1.54) is 5.69 Å². The molecule has 0 spiro atoms. The van der Waals surface area contributed by atoms with Crippen LogP contribution in [0.5, 0.6) is 0 Å². The number of hydrogen-bond acceptors (Lipinski definition) is 5. The average Bonchev–Trinajstić information content (AvgIpc) is 3.19. The van der Waals surface area contributed by atoms with Gasteiger partial charge in [-0.05, 0) is 24.3 Å². The molecule has 0 bridgehead atoms. The third-order valence-corrected chi connectivity index (χ3v) is 5.65. The summed E-state index contributed by atoms with van der Waals surface area (Å²) in [4.78, 5) is 25.9. The van der Waals surface area contributed by atoms with Gasteiger partial charge in [0.05, 0.1) is 0 Å². The third-order valence-electron chi connectivity index (χ3n) is 4.56.